The number of hydrazone groups is 1. The number of rotatable bonds is 3. The fourth-order valence-corrected chi connectivity index (χ4v) is 1.33. The first kappa shape index (κ1) is 16.4. The quantitative estimate of drug-likeness (QED) is 0.226. The van der Waals surface area contributed by atoms with Gasteiger partial charge in [-0.2, -0.15) is 15.3 Å². The Bertz CT molecular complexity index is 543. The van der Waals surface area contributed by atoms with E-state index in [1.54, 1.807) is 0 Å². The van der Waals surface area contributed by atoms with Crippen LogP contribution in [-0.2, 0) is 12.6 Å². The Morgan fingerprint density at radius 3 is 2.11 bits per heavy atom. The largest absolute Gasteiger partial charge is 1.00 e. The monoisotopic (exact) mass is 294 g/mol. The van der Waals surface area contributed by atoms with Crippen LogP contribution in [0.1, 0.15) is 0 Å². The van der Waals surface area contributed by atoms with E-state index in [4.69, 9.17) is 12.6 Å². The van der Waals surface area contributed by atoms with Crippen molar-refractivity contribution >= 4 is 29.2 Å². The average molecular weight is 294 g/mol. The summed E-state index contributed by atoms with van der Waals surface area (Å²) < 4.78 is 0. The topological polar surface area (TPSA) is 49.1 Å². The van der Waals surface area contributed by atoms with Gasteiger partial charge in [-0.25, -0.2) is 0 Å². The van der Waals surface area contributed by atoms with Crippen molar-refractivity contribution in [2.45, 2.75) is 0 Å². The molecule has 0 aliphatic carbocycles. The predicted molar refractivity (Wildman–Crippen MR) is 75.8 cm³/mol. The van der Waals surface area contributed by atoms with Crippen LogP contribution in [0.15, 0.2) is 76.0 Å². The Kier molecular flexibility index (Phi) is 8.04. The molecule has 0 bridgehead atoms. The number of nitrogens with zero attached hydrogens (tertiary/aromatic N) is 3. The molecule has 0 atom stereocenters. The van der Waals surface area contributed by atoms with Gasteiger partial charge in [-0.3, -0.25) is 5.43 Å². The number of amidine groups is 1. The summed E-state index contributed by atoms with van der Waals surface area (Å²) in [6, 6.07) is 18.9. The van der Waals surface area contributed by atoms with Crippen molar-refractivity contribution in [3.63, 3.8) is 0 Å². The average Bonchev–Trinajstić information content (AvgIpc) is 2.45. The SMILES string of the molecule is [K+].[S-]C(N=Nc1ccccc1)=NNc1ccccc1. The van der Waals surface area contributed by atoms with E-state index >= 15 is 0 Å². The minimum atomic E-state index is 0. The maximum absolute atomic E-state index is 4.96. The van der Waals surface area contributed by atoms with Gasteiger partial charge in [0, 0.05) is 0 Å². The molecule has 1 N–H and O–H groups in total. The molecule has 6 heteroatoms. The molecule has 0 unspecified atom stereocenters. The van der Waals surface area contributed by atoms with Gasteiger partial charge in [0.15, 0.2) is 0 Å². The zero-order valence-electron chi connectivity index (χ0n) is 10.5. The third-order valence-electron chi connectivity index (χ3n) is 2.06. The van der Waals surface area contributed by atoms with Crippen molar-refractivity contribution in [1.82, 2.24) is 0 Å². The molecular formula is C13H11KN4S. The van der Waals surface area contributed by atoms with Gasteiger partial charge < -0.3 is 12.6 Å². The normalized spacial score (nSPS) is 11.1. The van der Waals surface area contributed by atoms with Crippen molar-refractivity contribution < 1.29 is 51.4 Å². The van der Waals surface area contributed by atoms with Gasteiger partial charge in [-0.1, -0.05) is 36.4 Å². The van der Waals surface area contributed by atoms with Gasteiger partial charge in [0.25, 0.3) is 0 Å². The molecule has 4 nitrogen and oxygen atoms in total. The zero-order valence-corrected chi connectivity index (χ0v) is 14.5. The second-order valence-electron chi connectivity index (χ2n) is 3.41. The van der Waals surface area contributed by atoms with Gasteiger partial charge in [0.2, 0.25) is 0 Å². The molecule has 19 heavy (non-hydrogen) atoms. The molecule has 90 valence electrons. The van der Waals surface area contributed by atoms with Crippen molar-refractivity contribution in [2.24, 2.45) is 15.3 Å². The molecule has 0 saturated heterocycles. The number of hydrogen-bond donors (Lipinski definition) is 1. The molecule has 0 aliphatic heterocycles. The van der Waals surface area contributed by atoms with Crippen molar-refractivity contribution in [3.8, 4) is 0 Å². The first-order valence-corrected chi connectivity index (χ1v) is 5.78. The summed E-state index contributed by atoms with van der Waals surface area (Å²) in [6.45, 7) is 0. The summed E-state index contributed by atoms with van der Waals surface area (Å²) >= 11 is 4.96. The van der Waals surface area contributed by atoms with Crippen LogP contribution in [0.5, 0.6) is 0 Å². The molecular weight excluding hydrogens is 283 g/mol. The second-order valence-corrected chi connectivity index (χ2v) is 3.77. The molecule has 0 aliphatic rings. The van der Waals surface area contributed by atoms with Crippen LogP contribution >= 0.6 is 0 Å². The Labute approximate surface area is 160 Å². The first-order valence-electron chi connectivity index (χ1n) is 5.37. The van der Waals surface area contributed by atoms with Crippen LogP contribution in [0, 0.1) is 0 Å². The van der Waals surface area contributed by atoms with E-state index in [9.17, 15) is 0 Å². The molecule has 0 spiro atoms. The molecule has 2 aromatic carbocycles. The van der Waals surface area contributed by atoms with Crippen LogP contribution in [0.2, 0.25) is 0 Å². The van der Waals surface area contributed by atoms with Crippen LogP contribution in [0.4, 0.5) is 11.4 Å². The van der Waals surface area contributed by atoms with E-state index in [0.717, 1.165) is 11.4 Å². The number of nitrogens with one attached hydrogen (secondary N) is 1. The van der Waals surface area contributed by atoms with Crippen molar-refractivity contribution in [3.05, 3.63) is 60.7 Å². The Morgan fingerprint density at radius 1 is 0.895 bits per heavy atom. The molecule has 0 radical (unpaired) electrons. The molecule has 2 rings (SSSR count). The molecule has 2 aromatic rings. The van der Waals surface area contributed by atoms with Crippen molar-refractivity contribution in [1.29, 1.82) is 0 Å². The van der Waals surface area contributed by atoms with Crippen LogP contribution in [0.3, 0.4) is 0 Å². The van der Waals surface area contributed by atoms with Gasteiger partial charge >= 0.3 is 51.4 Å². The van der Waals surface area contributed by atoms with Gasteiger partial charge in [-0.05, 0) is 24.3 Å². The third kappa shape index (κ3) is 6.37. The van der Waals surface area contributed by atoms with E-state index in [1.165, 1.54) is 0 Å². The molecule has 0 saturated carbocycles. The van der Waals surface area contributed by atoms with Crippen LogP contribution in [0.25, 0.3) is 0 Å². The summed E-state index contributed by atoms with van der Waals surface area (Å²) in [4.78, 5) is 0. The van der Waals surface area contributed by atoms with E-state index < -0.39 is 0 Å². The molecule has 0 aromatic heterocycles. The molecule has 0 amide bonds. The first-order chi connectivity index (χ1) is 8.84. The van der Waals surface area contributed by atoms with E-state index in [0.29, 0.717) is 0 Å². The Morgan fingerprint density at radius 2 is 1.47 bits per heavy atom. The summed E-state index contributed by atoms with van der Waals surface area (Å²) in [7, 11) is 0. The van der Waals surface area contributed by atoms with E-state index in [-0.39, 0.29) is 56.6 Å². The van der Waals surface area contributed by atoms with Gasteiger partial charge in [0.1, 0.15) is 0 Å². The van der Waals surface area contributed by atoms with E-state index in [1.807, 2.05) is 60.7 Å². The van der Waals surface area contributed by atoms with Gasteiger partial charge in [0.05, 0.1) is 16.5 Å². The summed E-state index contributed by atoms with van der Waals surface area (Å²) in [5, 5.41) is 11.9. The maximum atomic E-state index is 4.96. The number of para-hydroxylation sites is 1. The zero-order chi connectivity index (χ0) is 12.6. The number of anilines is 1. The second kappa shape index (κ2) is 9.30. The maximum Gasteiger partial charge on any atom is 1.00 e. The minimum absolute atomic E-state index is 0. The molecule has 0 heterocycles. The smallest absolute Gasteiger partial charge is 0.737 e. The van der Waals surface area contributed by atoms with Crippen LogP contribution in [-0.4, -0.2) is 5.17 Å². The fourth-order valence-electron chi connectivity index (χ4n) is 1.24. The number of hydrogen-bond acceptors (Lipinski definition) is 4. The summed E-state index contributed by atoms with van der Waals surface area (Å²) in [5.41, 5.74) is 4.41. The van der Waals surface area contributed by atoms with Crippen molar-refractivity contribution in [2.75, 3.05) is 5.43 Å². The summed E-state index contributed by atoms with van der Waals surface area (Å²) in [5.74, 6) is 0. The Hall–Kier alpha value is -0.634. The predicted octanol–water partition coefficient (Wildman–Crippen LogP) is 0.704. The van der Waals surface area contributed by atoms with Crippen LogP contribution < -0.4 is 56.8 Å². The standard InChI is InChI=1S/C13H12N4S.K/c18-13(16-14-11-7-3-1-4-8-11)17-15-12-9-5-2-6-10-12;/h1-10,14H,(H,16,18);/q;+1/p-1. The summed E-state index contributed by atoms with van der Waals surface area (Å²) in [6.07, 6.45) is 0. The number of benzene rings is 2. The minimum Gasteiger partial charge on any atom is -0.737 e. The third-order valence-corrected chi connectivity index (χ3v) is 2.23. The Balaban J connectivity index is 0.00000180. The molecule has 0 fully saturated rings. The van der Waals surface area contributed by atoms with Gasteiger partial charge in [-0.15, -0.1) is 0 Å². The fraction of sp³-hybridized carbons (Fsp3) is 0. The van der Waals surface area contributed by atoms with E-state index in [2.05, 4.69) is 20.8 Å². The number of azo groups is 1.